The second-order valence-electron chi connectivity index (χ2n) is 8.58. The topological polar surface area (TPSA) is 87.1 Å². The first-order chi connectivity index (χ1) is 14.8. The van der Waals surface area contributed by atoms with Gasteiger partial charge in [-0.2, -0.15) is 0 Å². The Balaban J connectivity index is 1.39. The predicted octanol–water partition coefficient (Wildman–Crippen LogP) is 2.67. The van der Waals surface area contributed by atoms with E-state index in [9.17, 15) is 4.79 Å². The highest BCUT2D eigenvalue weighted by Gasteiger charge is 2.25. The van der Waals surface area contributed by atoms with E-state index in [1.54, 1.807) is 12.4 Å². The van der Waals surface area contributed by atoms with Crippen LogP contribution in [0.1, 0.15) is 44.9 Å². The van der Waals surface area contributed by atoms with Gasteiger partial charge < -0.3 is 10.2 Å². The van der Waals surface area contributed by atoms with E-state index in [-0.39, 0.29) is 5.91 Å². The fourth-order valence-corrected chi connectivity index (χ4v) is 4.08. The van der Waals surface area contributed by atoms with Crippen molar-refractivity contribution in [1.29, 1.82) is 0 Å². The maximum atomic E-state index is 11.4. The molecule has 1 amide bonds. The minimum absolute atomic E-state index is 0.0715. The summed E-state index contributed by atoms with van der Waals surface area (Å²) in [6, 6.07) is 6.63. The summed E-state index contributed by atoms with van der Waals surface area (Å²) in [7, 11) is 0. The summed E-state index contributed by atoms with van der Waals surface area (Å²) in [5, 5.41) is 2.93. The molecule has 1 saturated heterocycles. The minimum atomic E-state index is -0.497. The van der Waals surface area contributed by atoms with Gasteiger partial charge in [0.2, 0.25) is 11.9 Å². The summed E-state index contributed by atoms with van der Waals surface area (Å²) in [5.41, 5.74) is 3.50. The number of anilines is 1. The molecule has 1 aliphatic rings. The fourth-order valence-electron chi connectivity index (χ4n) is 4.08. The highest BCUT2D eigenvalue weighted by Crippen LogP contribution is 2.25. The first kappa shape index (κ1) is 21.1. The number of carbonyl (C=O) groups excluding carboxylic acids is 1. The largest absolute Gasteiger partial charge is 0.347 e. The molecule has 4 rings (SSSR count). The molecule has 0 radical (unpaired) electrons. The standard InChI is InChI=1S/C23H29N7O/c1-16(18-5-6-20-21(13-18)25-8-7-24-20)29-9-11-30(12-10-29)22-26-14-19(15-27-22)23(3,4)28-17(2)31/h5-8,13-16H,9-12H2,1-4H3,(H,28,31). The van der Waals surface area contributed by atoms with Gasteiger partial charge in [0, 0.05) is 69.5 Å². The molecule has 2 aromatic heterocycles. The van der Waals surface area contributed by atoms with Gasteiger partial charge in [0.1, 0.15) is 0 Å². The van der Waals surface area contributed by atoms with Crippen molar-refractivity contribution in [1.82, 2.24) is 30.2 Å². The molecule has 8 heteroatoms. The molecular formula is C23H29N7O. The molecule has 1 unspecified atom stereocenters. The molecule has 1 atom stereocenters. The van der Waals surface area contributed by atoms with Crippen molar-refractivity contribution in [3.8, 4) is 0 Å². The maximum absolute atomic E-state index is 11.4. The molecule has 1 N–H and O–H groups in total. The normalized spacial score (nSPS) is 16.3. The van der Waals surface area contributed by atoms with Gasteiger partial charge in [-0.25, -0.2) is 9.97 Å². The molecule has 1 fully saturated rings. The van der Waals surface area contributed by atoms with Gasteiger partial charge in [0.05, 0.1) is 16.6 Å². The van der Waals surface area contributed by atoms with Crippen LogP contribution >= 0.6 is 0 Å². The predicted molar refractivity (Wildman–Crippen MR) is 121 cm³/mol. The van der Waals surface area contributed by atoms with Gasteiger partial charge in [-0.15, -0.1) is 0 Å². The Morgan fingerprint density at radius 3 is 2.29 bits per heavy atom. The van der Waals surface area contributed by atoms with E-state index in [4.69, 9.17) is 0 Å². The lowest BCUT2D eigenvalue weighted by molar-refractivity contribution is -0.120. The maximum Gasteiger partial charge on any atom is 0.225 e. The summed E-state index contributed by atoms with van der Waals surface area (Å²) in [6.07, 6.45) is 7.07. The minimum Gasteiger partial charge on any atom is -0.347 e. The zero-order chi connectivity index (χ0) is 22.0. The van der Waals surface area contributed by atoms with Crippen molar-refractivity contribution in [3.05, 3.63) is 54.1 Å². The number of carbonyl (C=O) groups is 1. The highest BCUT2D eigenvalue weighted by molar-refractivity contribution is 5.74. The molecule has 1 aromatic carbocycles. The number of fused-ring (bicyclic) bond motifs is 1. The number of benzene rings is 1. The molecule has 3 aromatic rings. The number of piperazine rings is 1. The van der Waals surface area contributed by atoms with Crippen LogP contribution in [0.25, 0.3) is 11.0 Å². The van der Waals surface area contributed by atoms with Crippen molar-refractivity contribution < 1.29 is 4.79 Å². The SMILES string of the molecule is CC(=O)NC(C)(C)c1cnc(N2CCN(C(C)c3ccc4nccnc4c3)CC2)nc1. The van der Waals surface area contributed by atoms with Crippen LogP contribution in [-0.4, -0.2) is 56.9 Å². The van der Waals surface area contributed by atoms with Gasteiger partial charge in [0.15, 0.2) is 0 Å². The summed E-state index contributed by atoms with van der Waals surface area (Å²) < 4.78 is 0. The van der Waals surface area contributed by atoms with Crippen LogP contribution in [0, 0.1) is 0 Å². The number of aromatic nitrogens is 4. The third kappa shape index (κ3) is 4.64. The molecule has 3 heterocycles. The van der Waals surface area contributed by atoms with Crippen LogP contribution in [0.4, 0.5) is 5.95 Å². The second-order valence-corrected chi connectivity index (χ2v) is 8.58. The Morgan fingerprint density at radius 1 is 1.00 bits per heavy atom. The van der Waals surface area contributed by atoms with Gasteiger partial charge >= 0.3 is 0 Å². The Morgan fingerprint density at radius 2 is 1.65 bits per heavy atom. The molecule has 8 nitrogen and oxygen atoms in total. The third-order valence-corrected chi connectivity index (χ3v) is 5.97. The number of amides is 1. The zero-order valence-corrected chi connectivity index (χ0v) is 18.5. The average molecular weight is 420 g/mol. The summed E-state index contributed by atoms with van der Waals surface area (Å²) in [6.45, 7) is 11.3. The van der Waals surface area contributed by atoms with Gasteiger partial charge in [0.25, 0.3) is 0 Å². The van der Waals surface area contributed by atoms with Gasteiger partial charge in [-0.1, -0.05) is 6.07 Å². The first-order valence-electron chi connectivity index (χ1n) is 10.6. The molecule has 0 saturated carbocycles. The molecular weight excluding hydrogens is 390 g/mol. The number of rotatable bonds is 5. The number of nitrogens with zero attached hydrogens (tertiary/aromatic N) is 6. The fraction of sp³-hybridized carbons (Fsp3) is 0.435. The van der Waals surface area contributed by atoms with Gasteiger partial charge in [-0.05, 0) is 38.5 Å². The summed E-state index contributed by atoms with van der Waals surface area (Å²) in [4.78, 5) is 34.0. The van der Waals surface area contributed by atoms with Crippen LogP contribution < -0.4 is 10.2 Å². The van der Waals surface area contributed by atoms with E-state index in [0.717, 1.165) is 48.7 Å². The Bertz CT molecular complexity index is 1060. The monoisotopic (exact) mass is 419 g/mol. The molecule has 0 spiro atoms. The first-order valence-corrected chi connectivity index (χ1v) is 10.6. The Hall–Kier alpha value is -3.13. The van der Waals surface area contributed by atoms with E-state index in [0.29, 0.717) is 6.04 Å². The van der Waals surface area contributed by atoms with E-state index in [1.165, 1.54) is 12.5 Å². The summed E-state index contributed by atoms with van der Waals surface area (Å²) >= 11 is 0. The molecule has 1 aliphatic heterocycles. The third-order valence-electron chi connectivity index (χ3n) is 5.97. The smallest absolute Gasteiger partial charge is 0.225 e. The van der Waals surface area contributed by atoms with Crippen molar-refractivity contribution in [2.45, 2.75) is 39.3 Å². The van der Waals surface area contributed by atoms with Crippen LogP contribution in [0.5, 0.6) is 0 Å². The highest BCUT2D eigenvalue weighted by atomic mass is 16.1. The van der Waals surface area contributed by atoms with Crippen LogP contribution in [-0.2, 0) is 10.3 Å². The molecule has 0 aliphatic carbocycles. The average Bonchev–Trinajstić information content (AvgIpc) is 2.77. The Labute approximate surface area is 182 Å². The van der Waals surface area contributed by atoms with Crippen LogP contribution in [0.15, 0.2) is 43.0 Å². The van der Waals surface area contributed by atoms with E-state index >= 15 is 0 Å². The molecule has 31 heavy (non-hydrogen) atoms. The van der Waals surface area contributed by atoms with E-state index in [2.05, 4.69) is 54.1 Å². The summed E-state index contributed by atoms with van der Waals surface area (Å²) in [5.74, 6) is 0.661. The van der Waals surface area contributed by atoms with Crippen LogP contribution in [0.2, 0.25) is 0 Å². The zero-order valence-electron chi connectivity index (χ0n) is 18.5. The molecule has 0 bridgehead atoms. The van der Waals surface area contributed by atoms with Crippen molar-refractivity contribution >= 4 is 22.9 Å². The lowest BCUT2D eigenvalue weighted by atomic mass is 9.97. The number of hydrogen-bond donors (Lipinski definition) is 1. The quantitative estimate of drug-likeness (QED) is 0.680. The Kier molecular flexibility index (Phi) is 5.82. The van der Waals surface area contributed by atoms with Crippen LogP contribution in [0.3, 0.4) is 0 Å². The number of nitrogens with one attached hydrogen (secondary N) is 1. The second kappa shape index (κ2) is 8.55. The van der Waals surface area contributed by atoms with E-state index in [1.807, 2.05) is 32.3 Å². The molecule has 162 valence electrons. The van der Waals surface area contributed by atoms with Crippen molar-refractivity contribution in [2.24, 2.45) is 0 Å². The van der Waals surface area contributed by atoms with Crippen molar-refractivity contribution in [2.75, 3.05) is 31.1 Å². The van der Waals surface area contributed by atoms with Gasteiger partial charge in [-0.3, -0.25) is 19.7 Å². The number of hydrogen-bond acceptors (Lipinski definition) is 7. The van der Waals surface area contributed by atoms with Crippen molar-refractivity contribution in [3.63, 3.8) is 0 Å². The lowest BCUT2D eigenvalue weighted by Gasteiger charge is -2.38. The van der Waals surface area contributed by atoms with E-state index < -0.39 is 5.54 Å². The lowest BCUT2D eigenvalue weighted by Crippen LogP contribution is -2.47.